The fourth-order valence-corrected chi connectivity index (χ4v) is 8.16. The van der Waals surface area contributed by atoms with Crippen LogP contribution in [0.5, 0.6) is 0 Å². The molecular weight excluding hydrogens is 609 g/mol. The van der Waals surface area contributed by atoms with E-state index in [9.17, 15) is 0 Å². The van der Waals surface area contributed by atoms with E-state index in [-0.39, 0.29) is 5.41 Å². The largest absolute Gasteiger partial charge is 0.309 e. The third kappa shape index (κ3) is 4.15. The molecule has 0 amide bonds. The zero-order valence-corrected chi connectivity index (χ0v) is 27.8. The van der Waals surface area contributed by atoms with Gasteiger partial charge in [0.05, 0.1) is 11.0 Å². The molecule has 1 aliphatic rings. The summed E-state index contributed by atoms with van der Waals surface area (Å²) in [5.74, 6) is 1.96. The van der Waals surface area contributed by atoms with E-state index in [0.29, 0.717) is 17.5 Å². The van der Waals surface area contributed by atoms with Crippen LogP contribution >= 0.6 is 0 Å². The van der Waals surface area contributed by atoms with Crippen molar-refractivity contribution in [3.8, 4) is 51.0 Å². The van der Waals surface area contributed by atoms with Crippen LogP contribution in [0.3, 0.4) is 0 Å². The van der Waals surface area contributed by atoms with E-state index in [1.165, 1.54) is 54.8 Å². The van der Waals surface area contributed by atoms with Gasteiger partial charge in [0.1, 0.15) is 0 Å². The molecule has 0 N–H and O–H groups in total. The van der Waals surface area contributed by atoms with Crippen molar-refractivity contribution in [1.82, 2.24) is 19.5 Å². The molecule has 0 saturated heterocycles. The molecule has 0 atom stereocenters. The number of hydrogen-bond donors (Lipinski definition) is 0. The van der Waals surface area contributed by atoms with Crippen LogP contribution in [-0.4, -0.2) is 19.5 Å². The van der Waals surface area contributed by atoms with Crippen molar-refractivity contribution in [2.75, 3.05) is 0 Å². The summed E-state index contributed by atoms with van der Waals surface area (Å²) in [4.78, 5) is 14.9. The molecule has 0 unspecified atom stereocenters. The normalized spacial score (nSPS) is 13.2. The molecule has 0 radical (unpaired) electrons. The maximum Gasteiger partial charge on any atom is 0.164 e. The van der Waals surface area contributed by atoms with E-state index in [1.54, 1.807) is 0 Å². The second-order valence-corrected chi connectivity index (χ2v) is 13.6. The molecule has 9 aromatic rings. The smallest absolute Gasteiger partial charge is 0.164 e. The van der Waals surface area contributed by atoms with E-state index in [0.717, 1.165) is 22.4 Å². The quantitative estimate of drug-likeness (QED) is 0.192. The van der Waals surface area contributed by atoms with Gasteiger partial charge in [-0.15, -0.1) is 0 Å². The average molecular weight is 641 g/mol. The summed E-state index contributed by atoms with van der Waals surface area (Å²) in [5, 5.41) is 5.16. The van der Waals surface area contributed by atoms with Crippen LogP contribution in [-0.2, 0) is 5.41 Å². The van der Waals surface area contributed by atoms with Crippen molar-refractivity contribution in [1.29, 1.82) is 0 Å². The summed E-state index contributed by atoms with van der Waals surface area (Å²) in [6, 6.07) is 55.7. The maximum absolute atomic E-state index is 4.99. The van der Waals surface area contributed by atoms with Crippen LogP contribution in [0, 0.1) is 0 Å². The van der Waals surface area contributed by atoms with Gasteiger partial charge in [-0.05, 0) is 63.4 Å². The molecule has 0 spiro atoms. The Morgan fingerprint density at radius 2 is 0.960 bits per heavy atom. The van der Waals surface area contributed by atoms with Gasteiger partial charge in [0.2, 0.25) is 0 Å². The molecule has 4 heteroatoms. The first-order valence-corrected chi connectivity index (χ1v) is 17.1. The van der Waals surface area contributed by atoms with Gasteiger partial charge in [0.25, 0.3) is 0 Å². The Morgan fingerprint density at radius 1 is 0.460 bits per heavy atom. The molecular formula is C46H32N4. The maximum atomic E-state index is 4.99. The van der Waals surface area contributed by atoms with Crippen LogP contribution in [0.1, 0.15) is 25.0 Å². The number of para-hydroxylation sites is 1. The molecule has 50 heavy (non-hydrogen) atoms. The minimum atomic E-state index is -0.188. The summed E-state index contributed by atoms with van der Waals surface area (Å²) >= 11 is 0. The lowest BCUT2D eigenvalue weighted by molar-refractivity contribution is 0.664. The molecule has 0 bridgehead atoms. The summed E-state index contributed by atoms with van der Waals surface area (Å²) in [6.45, 7) is 4.76. The second kappa shape index (κ2) is 10.8. The SMILES string of the molecule is CC1(C)c2ccccc2-c2c1c1c(c3ccccc23)c2ccccc2n1-c1ccc(-c2nc(-c3ccccc3)nc(-c3ccccc3)n2)cc1. The first kappa shape index (κ1) is 28.6. The van der Waals surface area contributed by atoms with Crippen LogP contribution in [0.25, 0.3) is 83.6 Å². The van der Waals surface area contributed by atoms with Gasteiger partial charge in [-0.1, -0.05) is 141 Å². The first-order valence-electron chi connectivity index (χ1n) is 17.1. The lowest BCUT2D eigenvalue weighted by Crippen LogP contribution is -2.16. The van der Waals surface area contributed by atoms with Gasteiger partial charge in [-0.25, -0.2) is 15.0 Å². The van der Waals surface area contributed by atoms with E-state index >= 15 is 0 Å². The van der Waals surface area contributed by atoms with Crippen molar-refractivity contribution in [3.05, 3.63) is 169 Å². The van der Waals surface area contributed by atoms with Gasteiger partial charge >= 0.3 is 0 Å². The number of benzene rings is 7. The Morgan fingerprint density at radius 3 is 1.60 bits per heavy atom. The highest BCUT2D eigenvalue weighted by Crippen LogP contribution is 2.56. The molecule has 0 saturated carbocycles. The van der Waals surface area contributed by atoms with Crippen molar-refractivity contribution in [2.45, 2.75) is 19.3 Å². The fraction of sp³-hybridized carbons (Fsp3) is 0.0652. The van der Waals surface area contributed by atoms with E-state index in [2.05, 4.69) is 115 Å². The molecule has 4 nitrogen and oxygen atoms in total. The lowest BCUT2D eigenvalue weighted by atomic mass is 9.80. The molecule has 0 aliphatic heterocycles. The van der Waals surface area contributed by atoms with Crippen molar-refractivity contribution >= 4 is 32.6 Å². The highest BCUT2D eigenvalue weighted by molar-refractivity contribution is 6.26. The van der Waals surface area contributed by atoms with E-state index in [4.69, 9.17) is 15.0 Å². The van der Waals surface area contributed by atoms with Gasteiger partial charge in [0, 0.05) is 38.6 Å². The highest BCUT2D eigenvalue weighted by Gasteiger charge is 2.40. The zero-order valence-electron chi connectivity index (χ0n) is 27.8. The monoisotopic (exact) mass is 640 g/mol. The third-order valence-electron chi connectivity index (χ3n) is 10.4. The number of hydrogen-bond acceptors (Lipinski definition) is 3. The molecule has 2 heterocycles. The second-order valence-electron chi connectivity index (χ2n) is 13.6. The van der Waals surface area contributed by atoms with Crippen LogP contribution < -0.4 is 0 Å². The summed E-state index contributed by atoms with van der Waals surface area (Å²) in [7, 11) is 0. The topological polar surface area (TPSA) is 43.6 Å². The summed E-state index contributed by atoms with van der Waals surface area (Å²) in [6.07, 6.45) is 0. The summed E-state index contributed by atoms with van der Waals surface area (Å²) in [5.41, 5.74) is 11.7. The zero-order chi connectivity index (χ0) is 33.4. The molecule has 7 aromatic carbocycles. The number of rotatable bonds is 4. The van der Waals surface area contributed by atoms with Crippen molar-refractivity contribution in [3.63, 3.8) is 0 Å². The van der Waals surface area contributed by atoms with Crippen LogP contribution in [0.15, 0.2) is 158 Å². The van der Waals surface area contributed by atoms with Crippen LogP contribution in [0.2, 0.25) is 0 Å². The average Bonchev–Trinajstić information content (AvgIpc) is 3.65. The van der Waals surface area contributed by atoms with Crippen molar-refractivity contribution < 1.29 is 0 Å². The Bertz CT molecular complexity index is 2700. The minimum Gasteiger partial charge on any atom is -0.309 e. The minimum absolute atomic E-state index is 0.188. The standard InChI is InChI=1S/C46H32N4/c1-46(2)37-23-13-11-21-35(37)39-33-19-9-10-20-34(33)40-36-22-12-14-24-38(36)50(42(40)41(39)46)32-27-25-31(26-28-32)45-48-43(29-15-5-3-6-16-29)47-44(49-45)30-17-7-4-8-18-30/h3-28H,1-2H3. The molecule has 236 valence electrons. The van der Waals surface area contributed by atoms with E-state index < -0.39 is 0 Å². The Kier molecular flexibility index (Phi) is 6.19. The number of nitrogens with zero attached hydrogens (tertiary/aromatic N) is 4. The fourth-order valence-electron chi connectivity index (χ4n) is 8.16. The van der Waals surface area contributed by atoms with Gasteiger partial charge in [0.15, 0.2) is 17.5 Å². The summed E-state index contributed by atoms with van der Waals surface area (Å²) < 4.78 is 2.48. The van der Waals surface area contributed by atoms with E-state index in [1.807, 2.05) is 60.7 Å². The predicted octanol–water partition coefficient (Wildman–Crippen LogP) is 11.4. The Balaban J connectivity index is 1.22. The Hall–Kier alpha value is -6.39. The van der Waals surface area contributed by atoms with Gasteiger partial charge in [-0.2, -0.15) is 0 Å². The molecule has 1 aliphatic carbocycles. The van der Waals surface area contributed by atoms with Crippen molar-refractivity contribution in [2.24, 2.45) is 0 Å². The number of aromatic nitrogens is 4. The Labute approximate surface area is 290 Å². The third-order valence-corrected chi connectivity index (χ3v) is 10.4. The molecule has 2 aromatic heterocycles. The predicted molar refractivity (Wildman–Crippen MR) is 206 cm³/mol. The lowest BCUT2D eigenvalue weighted by Gasteiger charge is -2.24. The number of fused-ring (bicyclic) bond motifs is 10. The molecule has 10 rings (SSSR count). The molecule has 0 fully saturated rings. The van der Waals surface area contributed by atoms with Crippen LogP contribution in [0.4, 0.5) is 0 Å². The first-order chi connectivity index (χ1) is 24.6. The van der Waals surface area contributed by atoms with Gasteiger partial charge < -0.3 is 4.57 Å². The highest BCUT2D eigenvalue weighted by atomic mass is 15.0. The van der Waals surface area contributed by atoms with Gasteiger partial charge in [-0.3, -0.25) is 0 Å².